The first-order valence-electron chi connectivity index (χ1n) is 9.73. The highest BCUT2D eigenvalue weighted by atomic mass is 16.2. The first-order chi connectivity index (χ1) is 13.6. The molecule has 3 rings (SSSR count). The van der Waals surface area contributed by atoms with E-state index in [4.69, 9.17) is 0 Å². The van der Waals surface area contributed by atoms with Crippen LogP contribution in [0.15, 0.2) is 48.5 Å². The van der Waals surface area contributed by atoms with Crippen LogP contribution in [0.25, 0.3) is 0 Å². The van der Waals surface area contributed by atoms with E-state index in [1.54, 1.807) is 24.3 Å². The van der Waals surface area contributed by atoms with Gasteiger partial charge in [-0.2, -0.15) is 0 Å². The van der Waals surface area contributed by atoms with Crippen LogP contribution in [0.2, 0.25) is 0 Å². The summed E-state index contributed by atoms with van der Waals surface area (Å²) in [6, 6.07) is 14.4. The summed E-state index contributed by atoms with van der Waals surface area (Å²) >= 11 is 0. The maximum atomic E-state index is 12.3. The number of hydrogen-bond acceptors (Lipinski definition) is 3. The van der Waals surface area contributed by atoms with E-state index in [2.05, 4.69) is 61.2 Å². The highest BCUT2D eigenvalue weighted by Gasteiger charge is 2.44. The zero-order valence-corrected chi connectivity index (χ0v) is 17.2. The van der Waals surface area contributed by atoms with Gasteiger partial charge in [0.05, 0.1) is 0 Å². The summed E-state index contributed by atoms with van der Waals surface area (Å²) in [5, 5.41) is 2.61. The third-order valence-electron chi connectivity index (χ3n) is 5.18. The van der Waals surface area contributed by atoms with Gasteiger partial charge in [-0.05, 0) is 60.1 Å². The van der Waals surface area contributed by atoms with Crippen LogP contribution in [0.3, 0.4) is 0 Å². The van der Waals surface area contributed by atoms with Gasteiger partial charge >= 0.3 is 6.03 Å². The number of carbonyl (C=O) groups is 3. The molecule has 6 nitrogen and oxygen atoms in total. The molecule has 0 radical (unpaired) electrons. The van der Waals surface area contributed by atoms with Crippen LogP contribution in [0.5, 0.6) is 0 Å². The number of urea groups is 1. The third kappa shape index (κ3) is 5.22. The van der Waals surface area contributed by atoms with Crippen LogP contribution in [0.4, 0.5) is 10.5 Å². The second-order valence-electron chi connectivity index (χ2n) is 8.52. The Labute approximate surface area is 171 Å². The maximum absolute atomic E-state index is 12.3. The predicted molar refractivity (Wildman–Crippen MR) is 113 cm³/mol. The second kappa shape index (κ2) is 8.07. The molecular weight excluding hydrogens is 366 g/mol. The van der Waals surface area contributed by atoms with Crippen molar-refractivity contribution in [3.05, 3.63) is 65.2 Å². The summed E-state index contributed by atoms with van der Waals surface area (Å²) < 4.78 is 0. The lowest BCUT2D eigenvalue weighted by Crippen LogP contribution is -2.44. The van der Waals surface area contributed by atoms with E-state index in [0.717, 1.165) is 12.0 Å². The summed E-state index contributed by atoms with van der Waals surface area (Å²) in [7, 11) is 0. The van der Waals surface area contributed by atoms with Gasteiger partial charge in [-0.25, -0.2) is 10.2 Å². The van der Waals surface area contributed by atoms with E-state index in [-0.39, 0.29) is 28.9 Å². The largest absolute Gasteiger partial charge is 0.337 e. The van der Waals surface area contributed by atoms with Crippen molar-refractivity contribution in [2.24, 2.45) is 5.92 Å². The van der Waals surface area contributed by atoms with Crippen molar-refractivity contribution < 1.29 is 14.4 Å². The molecule has 0 unspecified atom stereocenters. The summed E-state index contributed by atoms with van der Waals surface area (Å²) in [5.74, 6) is -0.184. The number of benzene rings is 2. The lowest BCUT2D eigenvalue weighted by molar-refractivity contribution is -0.123. The molecule has 2 atom stereocenters. The first kappa shape index (κ1) is 20.6. The molecule has 1 aliphatic carbocycles. The molecule has 152 valence electrons. The van der Waals surface area contributed by atoms with Gasteiger partial charge in [0.15, 0.2) is 5.78 Å². The Morgan fingerprint density at radius 1 is 0.897 bits per heavy atom. The number of rotatable bonds is 4. The van der Waals surface area contributed by atoms with E-state index in [1.165, 1.54) is 12.5 Å². The third-order valence-corrected chi connectivity index (χ3v) is 5.18. The van der Waals surface area contributed by atoms with E-state index in [0.29, 0.717) is 11.3 Å². The Balaban J connectivity index is 1.46. The van der Waals surface area contributed by atoms with Gasteiger partial charge in [0.2, 0.25) is 5.91 Å². The van der Waals surface area contributed by atoms with Crippen molar-refractivity contribution in [1.82, 2.24) is 10.9 Å². The Morgan fingerprint density at radius 3 is 2.07 bits per heavy atom. The maximum Gasteiger partial charge on any atom is 0.337 e. The van der Waals surface area contributed by atoms with Crippen LogP contribution in [-0.2, 0) is 10.2 Å². The highest BCUT2D eigenvalue weighted by Crippen LogP contribution is 2.47. The van der Waals surface area contributed by atoms with Crippen LogP contribution in [0, 0.1) is 5.92 Å². The molecule has 1 aliphatic rings. The molecule has 0 bridgehead atoms. The van der Waals surface area contributed by atoms with E-state index in [9.17, 15) is 14.4 Å². The number of hydrogen-bond donors (Lipinski definition) is 3. The van der Waals surface area contributed by atoms with Crippen molar-refractivity contribution in [3.63, 3.8) is 0 Å². The van der Waals surface area contributed by atoms with Gasteiger partial charge in [-0.3, -0.25) is 15.0 Å². The molecule has 1 fully saturated rings. The van der Waals surface area contributed by atoms with Crippen molar-refractivity contribution in [3.8, 4) is 0 Å². The molecule has 0 aliphatic heterocycles. The normalized spacial score (nSPS) is 17.9. The number of ketones is 1. The Bertz CT molecular complexity index is 912. The van der Waals surface area contributed by atoms with E-state index < -0.39 is 6.03 Å². The van der Waals surface area contributed by atoms with Crippen LogP contribution in [-0.4, -0.2) is 17.7 Å². The molecule has 2 aromatic carbocycles. The zero-order valence-electron chi connectivity index (χ0n) is 17.2. The van der Waals surface area contributed by atoms with Gasteiger partial charge < -0.3 is 5.32 Å². The topological polar surface area (TPSA) is 87.3 Å². The Morgan fingerprint density at radius 2 is 1.52 bits per heavy atom. The number of Topliss-reactive ketones (excluding diaryl/α,β-unsaturated/α-hetero) is 1. The Hall–Kier alpha value is -3.15. The fourth-order valence-electron chi connectivity index (χ4n) is 3.25. The summed E-state index contributed by atoms with van der Waals surface area (Å²) in [5.41, 5.74) is 8.46. The number of nitrogens with one attached hydrogen (secondary N) is 3. The molecule has 6 heteroatoms. The molecule has 0 spiro atoms. The van der Waals surface area contributed by atoms with E-state index in [1.807, 2.05) is 0 Å². The molecule has 0 heterocycles. The molecule has 3 N–H and O–H groups in total. The minimum absolute atomic E-state index is 0.0414. The van der Waals surface area contributed by atoms with Crippen molar-refractivity contribution >= 4 is 23.4 Å². The van der Waals surface area contributed by atoms with Crippen molar-refractivity contribution in [2.45, 2.75) is 45.4 Å². The molecular formula is C23H27N3O3. The molecule has 0 aromatic heterocycles. The number of amides is 3. The molecule has 0 saturated heterocycles. The van der Waals surface area contributed by atoms with Gasteiger partial charge in [-0.1, -0.05) is 45.0 Å². The molecule has 3 amide bonds. The number of anilines is 1. The fraction of sp³-hybridized carbons (Fsp3) is 0.348. The van der Waals surface area contributed by atoms with Gasteiger partial charge in [0.1, 0.15) is 0 Å². The molecule has 2 aromatic rings. The second-order valence-corrected chi connectivity index (χ2v) is 8.52. The summed E-state index contributed by atoms with van der Waals surface area (Å²) in [6.07, 6.45) is 0.774. The molecule has 29 heavy (non-hydrogen) atoms. The van der Waals surface area contributed by atoms with Crippen LogP contribution >= 0.6 is 0 Å². The standard InChI is InChI=1S/C23H27N3O3/c1-14(27)15-7-11-18(12-8-15)24-22(29)26-25-21(28)20-13-19(20)16-5-9-17(10-6-16)23(2,3)4/h5-12,19-20H,13H2,1-4H3,(H,25,28)(H2,24,26,29)/t19-,20+/m0/s1. The predicted octanol–water partition coefficient (Wildman–Crippen LogP) is 4.14. The SMILES string of the molecule is CC(=O)c1ccc(NC(=O)NNC(=O)[C@@H]2C[C@H]2c2ccc(C(C)(C)C)cc2)cc1. The monoisotopic (exact) mass is 393 g/mol. The van der Waals surface area contributed by atoms with Crippen molar-refractivity contribution in [1.29, 1.82) is 0 Å². The van der Waals surface area contributed by atoms with Gasteiger partial charge in [-0.15, -0.1) is 0 Å². The number of hydrazine groups is 1. The average Bonchev–Trinajstić information content (AvgIpc) is 3.47. The van der Waals surface area contributed by atoms with E-state index >= 15 is 0 Å². The van der Waals surface area contributed by atoms with Gasteiger partial charge in [0, 0.05) is 17.2 Å². The summed E-state index contributed by atoms with van der Waals surface area (Å²) in [4.78, 5) is 35.5. The van der Waals surface area contributed by atoms with Crippen molar-refractivity contribution in [2.75, 3.05) is 5.32 Å². The smallest absolute Gasteiger partial charge is 0.307 e. The van der Waals surface area contributed by atoms with Crippen LogP contribution < -0.4 is 16.2 Å². The quantitative estimate of drug-likeness (QED) is 0.539. The molecule has 1 saturated carbocycles. The van der Waals surface area contributed by atoms with Crippen LogP contribution in [0.1, 0.15) is 61.5 Å². The fourth-order valence-corrected chi connectivity index (χ4v) is 3.25. The average molecular weight is 393 g/mol. The zero-order chi connectivity index (χ0) is 21.2. The first-order valence-corrected chi connectivity index (χ1v) is 9.73. The Kier molecular flexibility index (Phi) is 5.73. The minimum Gasteiger partial charge on any atom is -0.307 e. The lowest BCUT2D eigenvalue weighted by Gasteiger charge is -2.19. The van der Waals surface area contributed by atoms with Gasteiger partial charge in [0.25, 0.3) is 0 Å². The lowest BCUT2D eigenvalue weighted by atomic mass is 9.86. The highest BCUT2D eigenvalue weighted by molar-refractivity contribution is 5.95. The number of carbonyl (C=O) groups excluding carboxylic acids is 3. The minimum atomic E-state index is -0.541. The summed E-state index contributed by atoms with van der Waals surface area (Å²) in [6.45, 7) is 7.99.